The van der Waals surface area contributed by atoms with Crippen molar-refractivity contribution in [3.63, 3.8) is 0 Å². The van der Waals surface area contributed by atoms with E-state index in [0.717, 1.165) is 31.6 Å². The molecule has 1 saturated heterocycles. The minimum atomic E-state index is 0.238. The van der Waals surface area contributed by atoms with E-state index >= 15 is 0 Å². The maximum atomic E-state index is 12.4. The van der Waals surface area contributed by atoms with Crippen LogP contribution in [0.5, 0.6) is 5.75 Å². The van der Waals surface area contributed by atoms with Gasteiger partial charge in [-0.05, 0) is 37.0 Å². The third kappa shape index (κ3) is 3.53. The Bertz CT molecular complexity index is 427. The first-order valence-electron chi connectivity index (χ1n) is 7.69. The van der Waals surface area contributed by atoms with Crippen LogP contribution in [0.4, 0.5) is 0 Å². The highest BCUT2D eigenvalue weighted by molar-refractivity contribution is 5.76. The highest BCUT2D eigenvalue weighted by atomic mass is 16.5. The molecule has 1 aromatic rings. The molecule has 2 rings (SSSR count). The molecule has 20 heavy (non-hydrogen) atoms. The van der Waals surface area contributed by atoms with E-state index in [-0.39, 0.29) is 6.04 Å². The average molecular weight is 275 g/mol. The van der Waals surface area contributed by atoms with Crippen molar-refractivity contribution >= 4 is 5.91 Å². The summed E-state index contributed by atoms with van der Waals surface area (Å²) in [5.74, 6) is 1.17. The molecule has 1 aromatic carbocycles. The van der Waals surface area contributed by atoms with Gasteiger partial charge in [-0.3, -0.25) is 4.79 Å². The van der Waals surface area contributed by atoms with Gasteiger partial charge in [-0.2, -0.15) is 0 Å². The molecule has 3 nitrogen and oxygen atoms in total. The fourth-order valence-corrected chi connectivity index (χ4v) is 2.94. The first kappa shape index (κ1) is 14.9. The van der Waals surface area contributed by atoms with Crippen LogP contribution in [-0.4, -0.2) is 24.5 Å². The van der Waals surface area contributed by atoms with E-state index in [4.69, 9.17) is 4.74 Å². The highest BCUT2D eigenvalue weighted by Crippen LogP contribution is 2.31. The molecule has 1 heterocycles. The number of likely N-dealkylation sites (tertiary alicyclic amines) is 1. The lowest BCUT2D eigenvalue weighted by molar-refractivity contribution is -0.133. The Kier molecular flexibility index (Phi) is 5.45. The van der Waals surface area contributed by atoms with Crippen molar-refractivity contribution in [2.45, 2.75) is 51.5 Å². The van der Waals surface area contributed by atoms with E-state index in [9.17, 15) is 4.79 Å². The minimum Gasteiger partial charge on any atom is -0.497 e. The van der Waals surface area contributed by atoms with Crippen LogP contribution in [0.3, 0.4) is 0 Å². The number of carbonyl (C=O) groups excluding carboxylic acids is 1. The molecular weight excluding hydrogens is 250 g/mol. The van der Waals surface area contributed by atoms with Crippen LogP contribution in [0, 0.1) is 0 Å². The van der Waals surface area contributed by atoms with Crippen molar-refractivity contribution < 1.29 is 9.53 Å². The van der Waals surface area contributed by atoms with Crippen molar-refractivity contribution in [1.82, 2.24) is 4.90 Å². The fraction of sp³-hybridized carbons (Fsp3) is 0.588. The summed E-state index contributed by atoms with van der Waals surface area (Å²) in [6, 6.07) is 8.41. The van der Waals surface area contributed by atoms with Gasteiger partial charge in [0, 0.05) is 13.0 Å². The minimum absolute atomic E-state index is 0.238. The van der Waals surface area contributed by atoms with Crippen LogP contribution in [0.1, 0.15) is 57.1 Å². The summed E-state index contributed by atoms with van der Waals surface area (Å²) in [6.45, 7) is 2.97. The third-order valence-corrected chi connectivity index (χ3v) is 4.04. The molecule has 0 aromatic heterocycles. The number of rotatable bonds is 4. The van der Waals surface area contributed by atoms with E-state index in [2.05, 4.69) is 24.0 Å². The average Bonchev–Trinajstić information content (AvgIpc) is 2.73. The number of amides is 1. The summed E-state index contributed by atoms with van der Waals surface area (Å²) in [7, 11) is 1.68. The maximum absolute atomic E-state index is 12.4. The van der Waals surface area contributed by atoms with Crippen molar-refractivity contribution in [3.8, 4) is 5.75 Å². The number of carbonyl (C=O) groups is 1. The second-order valence-electron chi connectivity index (χ2n) is 5.48. The molecule has 1 unspecified atom stereocenters. The van der Waals surface area contributed by atoms with Gasteiger partial charge in [0.2, 0.25) is 5.91 Å². The molecule has 0 radical (unpaired) electrons. The Morgan fingerprint density at radius 1 is 1.25 bits per heavy atom. The molecule has 3 heteroatoms. The van der Waals surface area contributed by atoms with Crippen molar-refractivity contribution in [3.05, 3.63) is 29.8 Å². The van der Waals surface area contributed by atoms with Gasteiger partial charge in [0.15, 0.2) is 0 Å². The summed E-state index contributed by atoms with van der Waals surface area (Å²) in [5, 5.41) is 0. The van der Waals surface area contributed by atoms with E-state index in [1.807, 2.05) is 12.1 Å². The van der Waals surface area contributed by atoms with E-state index in [0.29, 0.717) is 12.3 Å². The second kappa shape index (κ2) is 7.32. The van der Waals surface area contributed by atoms with Crippen LogP contribution in [0.2, 0.25) is 0 Å². The number of benzene rings is 1. The van der Waals surface area contributed by atoms with Gasteiger partial charge < -0.3 is 9.64 Å². The van der Waals surface area contributed by atoms with Gasteiger partial charge in [-0.25, -0.2) is 0 Å². The van der Waals surface area contributed by atoms with Gasteiger partial charge >= 0.3 is 0 Å². The van der Waals surface area contributed by atoms with Crippen LogP contribution < -0.4 is 4.74 Å². The summed E-state index contributed by atoms with van der Waals surface area (Å²) in [6.07, 6.45) is 6.20. The molecule has 1 fully saturated rings. The predicted octanol–water partition coefficient (Wildman–Crippen LogP) is 3.94. The van der Waals surface area contributed by atoms with Crippen molar-refractivity contribution in [2.24, 2.45) is 0 Å². The predicted molar refractivity (Wildman–Crippen MR) is 80.8 cm³/mol. The summed E-state index contributed by atoms with van der Waals surface area (Å²) >= 11 is 0. The smallest absolute Gasteiger partial charge is 0.223 e. The topological polar surface area (TPSA) is 29.5 Å². The summed E-state index contributed by atoms with van der Waals surface area (Å²) in [4.78, 5) is 14.5. The standard InChI is InChI=1S/C17H25NO2/c1-3-7-17(19)18-13-6-4-5-8-16(18)14-9-11-15(20-2)12-10-14/h9-12,16H,3-8,13H2,1-2H3. The molecule has 1 amide bonds. The molecule has 0 spiro atoms. The zero-order valence-corrected chi connectivity index (χ0v) is 12.6. The highest BCUT2D eigenvalue weighted by Gasteiger charge is 2.25. The molecule has 1 aliphatic heterocycles. The molecule has 1 atom stereocenters. The Hall–Kier alpha value is -1.51. The molecule has 0 saturated carbocycles. The Morgan fingerprint density at radius 3 is 2.65 bits per heavy atom. The zero-order valence-electron chi connectivity index (χ0n) is 12.6. The van der Waals surface area contributed by atoms with Gasteiger partial charge in [-0.1, -0.05) is 31.9 Å². The van der Waals surface area contributed by atoms with E-state index in [1.165, 1.54) is 18.4 Å². The first-order valence-corrected chi connectivity index (χ1v) is 7.69. The Labute approximate surface area is 121 Å². The normalized spacial score (nSPS) is 19.5. The molecule has 0 aliphatic carbocycles. The number of methoxy groups -OCH3 is 1. The maximum Gasteiger partial charge on any atom is 0.223 e. The van der Waals surface area contributed by atoms with Gasteiger partial charge in [0.1, 0.15) is 5.75 Å². The number of nitrogens with zero attached hydrogens (tertiary/aromatic N) is 1. The monoisotopic (exact) mass is 275 g/mol. The summed E-state index contributed by atoms with van der Waals surface area (Å²) < 4.78 is 5.21. The molecule has 0 bridgehead atoms. The second-order valence-corrected chi connectivity index (χ2v) is 5.48. The SMILES string of the molecule is CCCC(=O)N1CCCCCC1c1ccc(OC)cc1. The lowest BCUT2D eigenvalue weighted by atomic mass is 10.0. The Morgan fingerprint density at radius 2 is 2.00 bits per heavy atom. The van der Waals surface area contributed by atoms with Crippen LogP contribution in [0.25, 0.3) is 0 Å². The van der Waals surface area contributed by atoms with Gasteiger partial charge in [-0.15, -0.1) is 0 Å². The third-order valence-electron chi connectivity index (χ3n) is 4.04. The molecule has 0 N–H and O–H groups in total. The first-order chi connectivity index (χ1) is 9.76. The van der Waals surface area contributed by atoms with E-state index in [1.54, 1.807) is 7.11 Å². The van der Waals surface area contributed by atoms with Crippen molar-refractivity contribution in [1.29, 1.82) is 0 Å². The van der Waals surface area contributed by atoms with Gasteiger partial charge in [0.05, 0.1) is 13.2 Å². The largest absolute Gasteiger partial charge is 0.497 e. The Balaban J connectivity index is 2.20. The van der Waals surface area contributed by atoms with Crippen molar-refractivity contribution in [2.75, 3.05) is 13.7 Å². The lowest BCUT2D eigenvalue weighted by Gasteiger charge is -2.30. The summed E-state index contributed by atoms with van der Waals surface area (Å²) in [5.41, 5.74) is 1.23. The molecule has 1 aliphatic rings. The number of hydrogen-bond donors (Lipinski definition) is 0. The van der Waals surface area contributed by atoms with Crippen LogP contribution >= 0.6 is 0 Å². The van der Waals surface area contributed by atoms with Crippen LogP contribution in [-0.2, 0) is 4.79 Å². The van der Waals surface area contributed by atoms with Gasteiger partial charge in [0.25, 0.3) is 0 Å². The number of ether oxygens (including phenoxy) is 1. The van der Waals surface area contributed by atoms with Crippen LogP contribution in [0.15, 0.2) is 24.3 Å². The number of hydrogen-bond acceptors (Lipinski definition) is 2. The molecular formula is C17H25NO2. The fourth-order valence-electron chi connectivity index (χ4n) is 2.94. The zero-order chi connectivity index (χ0) is 14.4. The van der Waals surface area contributed by atoms with E-state index < -0.39 is 0 Å². The molecule has 110 valence electrons. The quantitative estimate of drug-likeness (QED) is 0.833. The lowest BCUT2D eigenvalue weighted by Crippen LogP contribution is -2.34.